The standard InChI is InChI=1S/C11H19N3O.C3H8.C2H6.2H3O3PS/c1-5-14(6-2)11-12-9(4)8-10(13-11)15-7-3;1-3-2;1-2;2*1-4(2,3)5/h8H,5-7H2,1-4H3;3H2,1-2H3;1-2H3;2*(H3,1,2,3,5). The molecule has 0 unspecified atom stereocenters. The number of hydrogen-bond acceptors (Lipinski definition) is 6. The molecule has 0 aliphatic rings. The van der Waals surface area contributed by atoms with E-state index in [0.29, 0.717) is 12.5 Å². The number of nitrogens with zero attached hydrogens (tertiary/aromatic N) is 3. The number of aryl methyl sites for hydroxylation is 1. The molecule has 14 heteroatoms. The van der Waals surface area contributed by atoms with Crippen LogP contribution < -0.4 is 9.64 Å². The summed E-state index contributed by atoms with van der Waals surface area (Å²) < 4.78 is 5.39. The van der Waals surface area contributed by atoms with E-state index in [1.807, 2.05) is 33.8 Å². The van der Waals surface area contributed by atoms with Gasteiger partial charge >= 0.3 is 13.4 Å². The van der Waals surface area contributed by atoms with Crippen LogP contribution in [0, 0.1) is 6.92 Å². The number of aromatic nitrogens is 2. The summed E-state index contributed by atoms with van der Waals surface area (Å²) >= 11 is 7.21. The van der Waals surface area contributed by atoms with Crippen LogP contribution >= 0.6 is 13.4 Å². The zero-order valence-electron chi connectivity index (χ0n) is 19.0. The highest BCUT2D eigenvalue weighted by Gasteiger charge is 2.08. The fourth-order valence-electron chi connectivity index (χ4n) is 1.39. The minimum absolute atomic E-state index is 0.633. The van der Waals surface area contributed by atoms with Gasteiger partial charge in [-0.05, 0) is 51.3 Å². The van der Waals surface area contributed by atoms with Gasteiger partial charge in [-0.25, -0.2) is 4.98 Å². The van der Waals surface area contributed by atoms with Gasteiger partial charge in [-0.1, -0.05) is 34.1 Å². The molecule has 0 spiro atoms. The summed E-state index contributed by atoms with van der Waals surface area (Å²) in [4.78, 5) is 56.2. The highest BCUT2D eigenvalue weighted by Crippen LogP contribution is 2.27. The molecule has 0 aliphatic heterocycles. The maximum absolute atomic E-state index is 7.56. The average Bonchev–Trinajstić information content (AvgIpc) is 2.55. The lowest BCUT2D eigenvalue weighted by Crippen LogP contribution is -2.24. The first kappa shape index (κ1) is 37.1. The SMILES string of the molecule is CC.CCC.CCOc1cc(C)nc(N(CC)CC)n1.OP(O)(O)=S.OP(O)(O)=S. The normalized spacial score (nSPS) is 9.80. The summed E-state index contributed by atoms with van der Waals surface area (Å²) in [6, 6.07) is 1.86. The molecule has 0 radical (unpaired) electrons. The predicted molar refractivity (Wildman–Crippen MR) is 131 cm³/mol. The lowest BCUT2D eigenvalue weighted by atomic mass is 10.4. The van der Waals surface area contributed by atoms with Crippen LogP contribution in [0.3, 0.4) is 0 Å². The Morgan fingerprint density at radius 2 is 1.20 bits per heavy atom. The molecule has 0 saturated carbocycles. The van der Waals surface area contributed by atoms with Crippen LogP contribution in [0.4, 0.5) is 5.95 Å². The second-order valence-corrected chi connectivity index (χ2v) is 9.98. The molecule has 0 aliphatic carbocycles. The van der Waals surface area contributed by atoms with E-state index in [9.17, 15) is 0 Å². The summed E-state index contributed by atoms with van der Waals surface area (Å²) in [7, 11) is 0. The van der Waals surface area contributed by atoms with Gasteiger partial charge in [0.1, 0.15) is 0 Å². The average molecular weight is 512 g/mol. The van der Waals surface area contributed by atoms with E-state index in [0.717, 1.165) is 24.7 Å². The van der Waals surface area contributed by atoms with Crippen LogP contribution in [-0.4, -0.2) is 59.0 Å². The Balaban J connectivity index is -0.000000186. The molecular weight excluding hydrogens is 472 g/mol. The predicted octanol–water partition coefficient (Wildman–Crippen LogP) is 2.85. The molecular formula is C16H39N3O7P2S2. The van der Waals surface area contributed by atoms with Crippen LogP contribution in [0.5, 0.6) is 5.88 Å². The van der Waals surface area contributed by atoms with Crippen molar-refractivity contribution in [2.24, 2.45) is 0 Å². The highest BCUT2D eigenvalue weighted by molar-refractivity contribution is 8.06. The van der Waals surface area contributed by atoms with E-state index >= 15 is 0 Å². The monoisotopic (exact) mass is 511 g/mol. The van der Waals surface area contributed by atoms with Gasteiger partial charge in [-0.15, -0.1) is 0 Å². The highest BCUT2D eigenvalue weighted by atomic mass is 32.5. The Kier molecular flexibility index (Phi) is 27.1. The summed E-state index contributed by atoms with van der Waals surface area (Å²) in [6.45, 7) is 11.2. The topological polar surface area (TPSA) is 160 Å². The van der Waals surface area contributed by atoms with Gasteiger partial charge in [0, 0.05) is 24.8 Å². The first-order valence-electron chi connectivity index (χ1n) is 9.42. The van der Waals surface area contributed by atoms with Crippen LogP contribution in [0.1, 0.15) is 60.6 Å². The maximum atomic E-state index is 7.56. The van der Waals surface area contributed by atoms with Crippen molar-refractivity contribution in [3.8, 4) is 5.88 Å². The van der Waals surface area contributed by atoms with Crippen LogP contribution in [0.15, 0.2) is 6.07 Å². The second-order valence-electron chi connectivity index (χ2n) is 4.99. The Bertz CT molecular complexity index is 576. The summed E-state index contributed by atoms with van der Waals surface area (Å²) in [5.74, 6) is 1.41. The van der Waals surface area contributed by atoms with Crippen LogP contribution in [0.2, 0.25) is 0 Å². The zero-order valence-corrected chi connectivity index (χ0v) is 22.5. The second kappa shape index (κ2) is 22.0. The number of ether oxygens (including phenoxy) is 1. The third kappa shape index (κ3) is 38.4. The van der Waals surface area contributed by atoms with Crippen LogP contribution in [-0.2, 0) is 23.6 Å². The van der Waals surface area contributed by atoms with E-state index in [2.05, 4.69) is 66.2 Å². The molecule has 1 rings (SSSR count). The molecule has 0 saturated heterocycles. The van der Waals surface area contributed by atoms with Crippen LogP contribution in [0.25, 0.3) is 0 Å². The summed E-state index contributed by atoms with van der Waals surface area (Å²) in [5.41, 5.74) is 0.940. The maximum Gasteiger partial charge on any atom is 0.319 e. The van der Waals surface area contributed by atoms with Crippen molar-refractivity contribution in [1.82, 2.24) is 9.97 Å². The minimum atomic E-state index is -3.81. The van der Waals surface area contributed by atoms with Gasteiger partial charge < -0.3 is 39.0 Å². The third-order valence-electron chi connectivity index (χ3n) is 2.16. The molecule has 182 valence electrons. The molecule has 30 heavy (non-hydrogen) atoms. The van der Waals surface area contributed by atoms with Gasteiger partial charge in [0.15, 0.2) is 0 Å². The molecule has 1 heterocycles. The first-order valence-corrected chi connectivity index (χ1v) is 14.7. The van der Waals surface area contributed by atoms with E-state index in [4.69, 9.17) is 34.1 Å². The molecule has 0 fully saturated rings. The quantitative estimate of drug-likeness (QED) is 0.321. The smallest absolute Gasteiger partial charge is 0.319 e. The number of hydrogen-bond donors (Lipinski definition) is 6. The Hall–Kier alpha value is -0.260. The van der Waals surface area contributed by atoms with Crippen molar-refractivity contribution < 1.29 is 34.1 Å². The van der Waals surface area contributed by atoms with E-state index in [1.165, 1.54) is 6.42 Å². The van der Waals surface area contributed by atoms with E-state index in [-0.39, 0.29) is 0 Å². The zero-order chi connectivity index (χ0) is 25.0. The van der Waals surface area contributed by atoms with Gasteiger partial charge in [-0.3, -0.25) is 0 Å². The van der Waals surface area contributed by atoms with Crippen molar-refractivity contribution in [3.05, 3.63) is 11.8 Å². The molecule has 6 N–H and O–H groups in total. The molecule has 0 aromatic carbocycles. The molecule has 1 aromatic rings. The lowest BCUT2D eigenvalue weighted by Gasteiger charge is -2.19. The van der Waals surface area contributed by atoms with Crippen molar-refractivity contribution in [3.63, 3.8) is 0 Å². The van der Waals surface area contributed by atoms with Gasteiger partial charge in [-0.2, -0.15) is 4.98 Å². The van der Waals surface area contributed by atoms with Crippen molar-refractivity contribution in [2.75, 3.05) is 24.6 Å². The number of anilines is 1. The largest absolute Gasteiger partial charge is 0.478 e. The van der Waals surface area contributed by atoms with Crippen molar-refractivity contribution >= 4 is 43.0 Å². The Morgan fingerprint density at radius 3 is 1.47 bits per heavy atom. The Labute approximate surface area is 191 Å². The Morgan fingerprint density at radius 1 is 0.867 bits per heavy atom. The molecule has 0 amide bonds. The summed E-state index contributed by atoms with van der Waals surface area (Å²) in [6.07, 6.45) is 1.25. The molecule has 10 nitrogen and oxygen atoms in total. The molecule has 0 atom stereocenters. The number of rotatable bonds is 5. The van der Waals surface area contributed by atoms with Crippen molar-refractivity contribution in [1.29, 1.82) is 0 Å². The molecule has 0 bridgehead atoms. The minimum Gasteiger partial charge on any atom is -0.478 e. The van der Waals surface area contributed by atoms with E-state index in [1.54, 1.807) is 0 Å². The summed E-state index contributed by atoms with van der Waals surface area (Å²) in [5, 5.41) is 0. The van der Waals surface area contributed by atoms with Gasteiger partial charge in [0.25, 0.3) is 0 Å². The third-order valence-corrected chi connectivity index (χ3v) is 2.16. The fourth-order valence-corrected chi connectivity index (χ4v) is 1.39. The first-order chi connectivity index (χ1) is 13.6. The van der Waals surface area contributed by atoms with E-state index < -0.39 is 13.4 Å². The van der Waals surface area contributed by atoms with Crippen molar-refractivity contribution in [2.45, 2.75) is 61.8 Å². The molecule has 1 aromatic heterocycles. The fraction of sp³-hybridized carbons (Fsp3) is 0.750. The lowest BCUT2D eigenvalue weighted by molar-refractivity contribution is 0.326. The van der Waals surface area contributed by atoms with Gasteiger partial charge in [0.2, 0.25) is 11.8 Å². The van der Waals surface area contributed by atoms with Gasteiger partial charge in [0.05, 0.1) is 6.61 Å².